The predicted octanol–water partition coefficient (Wildman–Crippen LogP) is 1.26. The van der Waals surface area contributed by atoms with E-state index in [2.05, 4.69) is 37.7 Å². The number of hydrogen-bond donors (Lipinski definition) is 3. The van der Waals surface area contributed by atoms with Gasteiger partial charge in [-0.05, 0) is 88.8 Å². The first kappa shape index (κ1) is 26.4. The quantitative estimate of drug-likeness (QED) is 0.410. The summed E-state index contributed by atoms with van der Waals surface area (Å²) in [6.07, 6.45) is 5.07. The third kappa shape index (κ3) is 5.43. The number of carbonyl (C=O) groups is 3. The Labute approximate surface area is 232 Å². The summed E-state index contributed by atoms with van der Waals surface area (Å²) in [7, 11) is 1.99. The van der Waals surface area contributed by atoms with Gasteiger partial charge in [-0.3, -0.25) is 19.4 Å². The molecule has 13 heteroatoms. The zero-order valence-electron chi connectivity index (χ0n) is 22.7. The van der Waals surface area contributed by atoms with Crippen molar-refractivity contribution in [2.24, 2.45) is 5.92 Å². The van der Waals surface area contributed by atoms with Gasteiger partial charge in [0.25, 0.3) is 11.8 Å². The summed E-state index contributed by atoms with van der Waals surface area (Å²) in [6.45, 7) is 4.80. The Hall–Kier alpha value is -3.84. The van der Waals surface area contributed by atoms with Gasteiger partial charge in [-0.25, -0.2) is 19.7 Å². The Morgan fingerprint density at radius 3 is 2.95 bits per heavy atom. The molecule has 0 spiro atoms. The van der Waals surface area contributed by atoms with E-state index in [4.69, 9.17) is 14.5 Å². The van der Waals surface area contributed by atoms with Crippen molar-refractivity contribution < 1.29 is 23.9 Å². The summed E-state index contributed by atoms with van der Waals surface area (Å²) in [5, 5.41) is 9.14. The van der Waals surface area contributed by atoms with Crippen molar-refractivity contribution in [3.63, 3.8) is 0 Å². The number of amides is 3. The van der Waals surface area contributed by atoms with Crippen LogP contribution in [0.25, 0.3) is 0 Å². The molecule has 13 nitrogen and oxygen atoms in total. The van der Waals surface area contributed by atoms with Crippen LogP contribution in [0.1, 0.15) is 36.1 Å². The van der Waals surface area contributed by atoms with Gasteiger partial charge in [0.15, 0.2) is 18.2 Å². The molecule has 2 aromatic rings. The number of likely N-dealkylation sites (N-methyl/N-ethyl adjacent to an activating group) is 1. The highest BCUT2D eigenvalue weighted by Crippen LogP contribution is 2.30. The topological polar surface area (TPSA) is 151 Å². The number of fused-ring (bicyclic) bond motifs is 2. The Morgan fingerprint density at radius 1 is 1.25 bits per heavy atom. The standard InChI is InChI=1S/C27H34N8O5/c1-15-8-21(31-25(37)20-4-3-7-34(20)2)30-19-10-16(9-18(15)19)11-28-6-5-17-13-35(27(38)40-17)22-12-29-26-24(32-22)33-23(36)14-39-26/h8,12,16-17,20,28H,3-7,9-11,13-14H2,1-2H3,(H,30,31,37)(H,32,33,36)/t16?,17?,20-/m0/s1. The summed E-state index contributed by atoms with van der Waals surface area (Å²) >= 11 is 0. The maximum Gasteiger partial charge on any atom is 0.415 e. The van der Waals surface area contributed by atoms with Crippen molar-refractivity contribution in [3.8, 4) is 5.88 Å². The van der Waals surface area contributed by atoms with Gasteiger partial charge >= 0.3 is 6.09 Å². The molecule has 3 amide bonds. The second kappa shape index (κ2) is 11.0. The van der Waals surface area contributed by atoms with Crippen molar-refractivity contribution >= 4 is 35.4 Å². The summed E-state index contributed by atoms with van der Waals surface area (Å²) in [5.74, 6) is 1.50. The summed E-state index contributed by atoms with van der Waals surface area (Å²) < 4.78 is 10.8. The third-order valence-electron chi connectivity index (χ3n) is 8.03. The molecular weight excluding hydrogens is 516 g/mol. The van der Waals surface area contributed by atoms with Crippen LogP contribution in [0.5, 0.6) is 5.88 Å². The number of pyridine rings is 1. The second-order valence-corrected chi connectivity index (χ2v) is 11.0. The SMILES string of the molecule is Cc1cc(NC(=O)[C@@H]2CCCN2C)nc2c1CC(CNCCC1CN(c3cnc4c(n3)NC(=O)CO4)C(=O)O1)C2. The number of rotatable bonds is 8. The molecular formula is C27H34N8O5. The second-order valence-electron chi connectivity index (χ2n) is 11.0. The molecule has 4 aliphatic rings. The van der Waals surface area contributed by atoms with Crippen molar-refractivity contribution in [2.75, 3.05) is 55.4 Å². The highest BCUT2D eigenvalue weighted by molar-refractivity contribution is 5.95. The van der Waals surface area contributed by atoms with E-state index >= 15 is 0 Å². The van der Waals surface area contributed by atoms with E-state index < -0.39 is 6.09 Å². The number of nitrogens with zero attached hydrogens (tertiary/aromatic N) is 5. The van der Waals surface area contributed by atoms with Crippen LogP contribution in [-0.2, 0) is 27.2 Å². The average Bonchev–Trinajstić information content (AvgIpc) is 3.64. The number of nitrogens with one attached hydrogen (secondary N) is 3. The van der Waals surface area contributed by atoms with E-state index in [1.54, 1.807) is 0 Å². The maximum atomic E-state index is 12.7. The predicted molar refractivity (Wildman–Crippen MR) is 145 cm³/mol. The van der Waals surface area contributed by atoms with Crippen LogP contribution in [0.4, 0.5) is 22.2 Å². The van der Waals surface area contributed by atoms with Crippen LogP contribution >= 0.6 is 0 Å². The van der Waals surface area contributed by atoms with Gasteiger partial charge in [0.2, 0.25) is 5.91 Å². The van der Waals surface area contributed by atoms with Gasteiger partial charge in [-0.2, -0.15) is 0 Å². The number of aryl methyl sites for hydroxylation is 1. The molecule has 2 unspecified atom stereocenters. The zero-order chi connectivity index (χ0) is 27.8. The normalized spacial score (nSPS) is 23.9. The van der Waals surface area contributed by atoms with Crippen LogP contribution in [0, 0.1) is 12.8 Å². The Bertz CT molecular complexity index is 1340. The van der Waals surface area contributed by atoms with Crippen LogP contribution in [0.3, 0.4) is 0 Å². The lowest BCUT2D eigenvalue weighted by Crippen LogP contribution is -2.37. The van der Waals surface area contributed by atoms with Crippen molar-refractivity contribution in [2.45, 2.75) is 51.2 Å². The number of hydrogen-bond acceptors (Lipinski definition) is 10. The van der Waals surface area contributed by atoms with Gasteiger partial charge in [0.1, 0.15) is 11.9 Å². The van der Waals surface area contributed by atoms with E-state index in [0.717, 1.165) is 50.0 Å². The number of carbonyl (C=O) groups excluding carboxylic acids is 3. The smallest absolute Gasteiger partial charge is 0.415 e. The molecule has 0 bridgehead atoms. The molecule has 0 saturated carbocycles. The van der Waals surface area contributed by atoms with Gasteiger partial charge in [0, 0.05) is 5.69 Å². The molecule has 3 N–H and O–H groups in total. The number of anilines is 3. The lowest BCUT2D eigenvalue weighted by Gasteiger charge is -2.18. The molecule has 6 rings (SSSR count). The highest BCUT2D eigenvalue weighted by Gasteiger charge is 2.34. The van der Waals surface area contributed by atoms with Crippen LogP contribution in [0.2, 0.25) is 0 Å². The van der Waals surface area contributed by atoms with Crippen molar-refractivity contribution in [3.05, 3.63) is 29.1 Å². The molecule has 0 aromatic carbocycles. The van der Waals surface area contributed by atoms with Crippen LogP contribution in [0.15, 0.2) is 12.3 Å². The number of aromatic nitrogens is 3. The molecule has 212 valence electrons. The molecule has 5 heterocycles. The molecule has 2 saturated heterocycles. The summed E-state index contributed by atoms with van der Waals surface area (Å²) in [4.78, 5) is 53.5. The van der Waals surface area contributed by atoms with Crippen LogP contribution < -0.4 is 25.6 Å². The average molecular weight is 551 g/mol. The van der Waals surface area contributed by atoms with Crippen molar-refractivity contribution in [1.29, 1.82) is 0 Å². The Balaban J connectivity index is 0.966. The fraction of sp³-hybridized carbons (Fsp3) is 0.556. The molecule has 3 atom stereocenters. The Morgan fingerprint density at radius 2 is 2.12 bits per heavy atom. The molecule has 40 heavy (non-hydrogen) atoms. The van der Waals surface area contributed by atoms with E-state index in [1.807, 2.05) is 13.1 Å². The van der Waals surface area contributed by atoms with E-state index in [-0.39, 0.29) is 42.3 Å². The maximum absolute atomic E-state index is 12.7. The molecule has 2 fully saturated rings. The molecule has 1 aliphatic carbocycles. The van der Waals surface area contributed by atoms with Crippen LogP contribution in [-0.4, -0.2) is 89.7 Å². The van der Waals surface area contributed by atoms with Gasteiger partial charge in [0.05, 0.1) is 18.8 Å². The van der Waals surface area contributed by atoms with E-state index in [0.29, 0.717) is 37.1 Å². The fourth-order valence-corrected chi connectivity index (χ4v) is 5.92. The minimum Gasteiger partial charge on any atom is -0.465 e. The fourth-order valence-electron chi connectivity index (χ4n) is 5.92. The number of cyclic esters (lactones) is 1. The molecule has 2 aromatic heterocycles. The minimum absolute atomic E-state index is 0.0219. The first-order valence-electron chi connectivity index (χ1n) is 13.8. The number of likely N-dealkylation sites (tertiary alicyclic amines) is 1. The largest absolute Gasteiger partial charge is 0.465 e. The molecule has 3 aliphatic heterocycles. The third-order valence-corrected chi connectivity index (χ3v) is 8.03. The Kier molecular flexibility index (Phi) is 7.24. The number of ether oxygens (including phenoxy) is 2. The minimum atomic E-state index is -0.488. The van der Waals surface area contributed by atoms with Gasteiger partial charge in [-0.15, -0.1) is 0 Å². The van der Waals surface area contributed by atoms with E-state index in [9.17, 15) is 14.4 Å². The highest BCUT2D eigenvalue weighted by atomic mass is 16.6. The zero-order valence-corrected chi connectivity index (χ0v) is 22.7. The van der Waals surface area contributed by atoms with E-state index in [1.165, 1.54) is 16.7 Å². The lowest BCUT2D eigenvalue weighted by atomic mass is 10.0. The van der Waals surface area contributed by atoms with Crippen molar-refractivity contribution in [1.82, 2.24) is 25.2 Å². The summed E-state index contributed by atoms with van der Waals surface area (Å²) in [5.41, 5.74) is 3.50. The molecule has 0 radical (unpaired) electrons. The first-order valence-corrected chi connectivity index (χ1v) is 13.8. The summed E-state index contributed by atoms with van der Waals surface area (Å²) in [6, 6.07) is 1.90. The monoisotopic (exact) mass is 550 g/mol. The van der Waals surface area contributed by atoms with Gasteiger partial charge in [-0.1, -0.05) is 0 Å². The first-order chi connectivity index (χ1) is 19.3. The van der Waals surface area contributed by atoms with Gasteiger partial charge < -0.3 is 25.4 Å². The lowest BCUT2D eigenvalue weighted by molar-refractivity contribution is -0.120.